The summed E-state index contributed by atoms with van der Waals surface area (Å²) < 4.78 is 0. The van der Waals surface area contributed by atoms with E-state index in [1.54, 1.807) is 0 Å². The number of nitrogens with one attached hydrogen (secondary N) is 1. The number of piperidine rings is 1. The zero-order chi connectivity index (χ0) is 19.8. The maximum absolute atomic E-state index is 13.0. The van der Waals surface area contributed by atoms with Crippen molar-refractivity contribution in [2.24, 2.45) is 0 Å². The first-order valence-electron chi connectivity index (χ1n) is 11.7. The number of anilines is 2. The highest BCUT2D eigenvalue weighted by Crippen LogP contribution is 2.43. The van der Waals surface area contributed by atoms with Crippen molar-refractivity contribution in [1.82, 2.24) is 4.90 Å². The Hall–Kier alpha value is -1.88. The second-order valence-electron chi connectivity index (χ2n) is 9.46. The smallest absolute Gasteiger partial charge is 0.236 e. The minimum atomic E-state index is -0.195. The molecule has 2 amide bonds. The van der Waals surface area contributed by atoms with Gasteiger partial charge in [-0.05, 0) is 50.7 Å². The summed E-state index contributed by atoms with van der Waals surface area (Å²) in [4.78, 5) is 30.0. The number of benzene rings is 1. The Kier molecular flexibility index (Phi) is 5.33. The highest BCUT2D eigenvalue weighted by atomic mass is 16.2. The summed E-state index contributed by atoms with van der Waals surface area (Å²) in [6.45, 7) is 0. The van der Waals surface area contributed by atoms with Gasteiger partial charge in [-0.25, -0.2) is 0 Å². The standard InChI is InChI=1S/C24H33N3O2/c28-23-16-24(29)27(22-11-7-6-10-21(22)25-23)20-14-18-12-13-19(15-20)26(18)17-8-4-2-1-3-5-9-17/h6-7,10-11,17-20H,1-5,8-9,12-16H2,(H,25,28)/t18-,19?,20+/m0/s1. The van der Waals surface area contributed by atoms with Gasteiger partial charge < -0.3 is 10.2 Å². The molecule has 0 aromatic heterocycles. The lowest BCUT2D eigenvalue weighted by Crippen LogP contribution is -2.55. The molecule has 2 bridgehead atoms. The van der Waals surface area contributed by atoms with Crippen LogP contribution in [0.3, 0.4) is 0 Å². The van der Waals surface area contributed by atoms with Gasteiger partial charge >= 0.3 is 0 Å². The van der Waals surface area contributed by atoms with Crippen LogP contribution in [0.5, 0.6) is 0 Å². The topological polar surface area (TPSA) is 52.7 Å². The first kappa shape index (κ1) is 19.1. The first-order chi connectivity index (χ1) is 14.2. The largest absolute Gasteiger partial charge is 0.324 e. The van der Waals surface area contributed by atoms with E-state index in [4.69, 9.17) is 0 Å². The zero-order valence-corrected chi connectivity index (χ0v) is 17.3. The number of nitrogens with zero attached hydrogens (tertiary/aromatic N) is 2. The molecule has 3 heterocycles. The summed E-state index contributed by atoms with van der Waals surface area (Å²) in [6.07, 6.45) is 14.2. The molecule has 3 atom stereocenters. The Bertz CT molecular complexity index is 757. The van der Waals surface area contributed by atoms with E-state index < -0.39 is 0 Å². The van der Waals surface area contributed by atoms with Crippen LogP contribution in [0, 0.1) is 0 Å². The number of para-hydroxylation sites is 2. The number of carbonyl (C=O) groups excluding carboxylic acids is 2. The SMILES string of the molecule is O=C1CC(=O)N([C@H]2CC3CC[C@@H](C2)N3C2CCCCCCC2)c2ccccc2N1. The van der Waals surface area contributed by atoms with Crippen molar-refractivity contribution < 1.29 is 9.59 Å². The monoisotopic (exact) mass is 395 g/mol. The van der Waals surface area contributed by atoms with E-state index in [1.807, 2.05) is 29.2 Å². The highest BCUT2D eigenvalue weighted by molar-refractivity contribution is 6.14. The molecule has 1 unspecified atom stereocenters. The lowest BCUT2D eigenvalue weighted by atomic mass is 9.89. The summed E-state index contributed by atoms with van der Waals surface area (Å²) in [7, 11) is 0. The van der Waals surface area contributed by atoms with Gasteiger partial charge in [0.15, 0.2) is 0 Å². The molecular formula is C24H33N3O2. The molecule has 3 aliphatic heterocycles. The van der Waals surface area contributed by atoms with Gasteiger partial charge in [0.1, 0.15) is 6.42 Å². The van der Waals surface area contributed by atoms with Gasteiger partial charge in [-0.3, -0.25) is 14.5 Å². The van der Waals surface area contributed by atoms with E-state index in [-0.39, 0.29) is 24.3 Å². The molecule has 4 aliphatic rings. The minimum absolute atomic E-state index is 0.0451. The number of carbonyl (C=O) groups is 2. The molecule has 3 fully saturated rings. The molecule has 1 aromatic carbocycles. The van der Waals surface area contributed by atoms with Gasteiger partial charge in [0, 0.05) is 24.2 Å². The number of rotatable bonds is 2. The van der Waals surface area contributed by atoms with Crippen LogP contribution in [-0.4, -0.2) is 40.9 Å². The maximum atomic E-state index is 13.0. The van der Waals surface area contributed by atoms with E-state index in [2.05, 4.69) is 10.2 Å². The Morgan fingerprint density at radius 1 is 0.759 bits per heavy atom. The van der Waals surface area contributed by atoms with Gasteiger partial charge in [0.05, 0.1) is 11.4 Å². The van der Waals surface area contributed by atoms with Crippen molar-refractivity contribution in [2.45, 2.75) is 101 Å². The second kappa shape index (κ2) is 8.10. The van der Waals surface area contributed by atoms with Crippen LogP contribution in [0.2, 0.25) is 0 Å². The summed E-state index contributed by atoms with van der Waals surface area (Å²) >= 11 is 0. The van der Waals surface area contributed by atoms with Crippen LogP contribution >= 0.6 is 0 Å². The average molecular weight is 396 g/mol. The molecule has 1 saturated carbocycles. The number of hydrogen-bond acceptors (Lipinski definition) is 3. The molecule has 156 valence electrons. The normalized spacial score (nSPS) is 31.6. The van der Waals surface area contributed by atoms with Gasteiger partial charge in [-0.1, -0.05) is 44.2 Å². The Balaban J connectivity index is 1.38. The predicted molar refractivity (Wildman–Crippen MR) is 115 cm³/mol. The van der Waals surface area contributed by atoms with Crippen molar-refractivity contribution >= 4 is 23.2 Å². The van der Waals surface area contributed by atoms with Gasteiger partial charge in [0.25, 0.3) is 0 Å². The van der Waals surface area contributed by atoms with E-state index in [9.17, 15) is 9.59 Å². The Morgan fingerprint density at radius 3 is 2.14 bits per heavy atom. The molecule has 0 radical (unpaired) electrons. The molecular weight excluding hydrogens is 362 g/mol. The predicted octanol–water partition coefficient (Wildman–Crippen LogP) is 4.47. The number of hydrogen-bond donors (Lipinski definition) is 1. The second-order valence-corrected chi connectivity index (χ2v) is 9.46. The van der Waals surface area contributed by atoms with Crippen molar-refractivity contribution in [3.63, 3.8) is 0 Å². The van der Waals surface area contributed by atoms with E-state index >= 15 is 0 Å². The molecule has 29 heavy (non-hydrogen) atoms. The third kappa shape index (κ3) is 3.70. The molecule has 1 aliphatic carbocycles. The summed E-state index contributed by atoms with van der Waals surface area (Å²) in [5.41, 5.74) is 1.66. The molecule has 5 heteroatoms. The minimum Gasteiger partial charge on any atom is -0.324 e. The summed E-state index contributed by atoms with van der Waals surface area (Å²) in [5, 5.41) is 2.92. The van der Waals surface area contributed by atoms with E-state index in [0.29, 0.717) is 12.1 Å². The number of amides is 2. The lowest BCUT2D eigenvalue weighted by molar-refractivity contribution is -0.125. The zero-order valence-electron chi connectivity index (χ0n) is 17.3. The molecule has 1 aromatic rings. The maximum Gasteiger partial charge on any atom is 0.236 e. The Morgan fingerprint density at radius 2 is 1.41 bits per heavy atom. The van der Waals surface area contributed by atoms with Crippen LogP contribution in [0.4, 0.5) is 11.4 Å². The molecule has 5 nitrogen and oxygen atoms in total. The quantitative estimate of drug-likeness (QED) is 0.752. The fraction of sp³-hybridized carbons (Fsp3) is 0.667. The van der Waals surface area contributed by atoms with Gasteiger partial charge in [0.2, 0.25) is 11.8 Å². The van der Waals surface area contributed by atoms with E-state index in [0.717, 1.165) is 30.3 Å². The third-order valence-electron chi connectivity index (χ3n) is 7.64. The van der Waals surface area contributed by atoms with Gasteiger partial charge in [-0.15, -0.1) is 0 Å². The lowest BCUT2D eigenvalue weighted by Gasteiger charge is -2.47. The molecule has 1 N–H and O–H groups in total. The van der Waals surface area contributed by atoms with Gasteiger partial charge in [-0.2, -0.15) is 0 Å². The number of fused-ring (bicyclic) bond motifs is 3. The van der Waals surface area contributed by atoms with Crippen molar-refractivity contribution in [1.29, 1.82) is 0 Å². The fourth-order valence-corrected chi connectivity index (χ4v) is 6.47. The highest BCUT2D eigenvalue weighted by Gasteiger charge is 2.46. The van der Waals surface area contributed by atoms with Crippen molar-refractivity contribution in [3.05, 3.63) is 24.3 Å². The van der Waals surface area contributed by atoms with Crippen molar-refractivity contribution in [2.75, 3.05) is 10.2 Å². The van der Waals surface area contributed by atoms with Crippen LogP contribution in [0.15, 0.2) is 24.3 Å². The first-order valence-corrected chi connectivity index (χ1v) is 11.7. The molecule has 2 saturated heterocycles. The van der Waals surface area contributed by atoms with Crippen LogP contribution in [0.25, 0.3) is 0 Å². The Labute approximate surface area is 173 Å². The van der Waals surface area contributed by atoms with Crippen molar-refractivity contribution in [3.8, 4) is 0 Å². The molecule has 5 rings (SSSR count). The van der Waals surface area contributed by atoms with Crippen LogP contribution < -0.4 is 10.2 Å². The summed E-state index contributed by atoms with van der Waals surface area (Å²) in [6, 6.07) is 9.93. The third-order valence-corrected chi connectivity index (χ3v) is 7.64. The summed E-state index contributed by atoms with van der Waals surface area (Å²) in [5.74, 6) is -0.240. The van der Waals surface area contributed by atoms with E-state index in [1.165, 1.54) is 57.8 Å². The average Bonchev–Trinajstić information content (AvgIpc) is 2.86. The molecule has 0 spiro atoms. The fourth-order valence-electron chi connectivity index (χ4n) is 6.47. The van der Waals surface area contributed by atoms with Crippen LogP contribution in [-0.2, 0) is 9.59 Å². The van der Waals surface area contributed by atoms with Crippen LogP contribution in [0.1, 0.15) is 77.0 Å².